The van der Waals surface area contributed by atoms with E-state index in [1.54, 1.807) is 0 Å². The number of hydrogen-bond acceptors (Lipinski definition) is 4. The molecule has 0 unspecified atom stereocenters. The lowest BCUT2D eigenvalue weighted by atomic mass is 10.1. The van der Waals surface area contributed by atoms with Crippen LogP contribution in [0.3, 0.4) is 0 Å². The lowest BCUT2D eigenvalue weighted by Crippen LogP contribution is -2.37. The Morgan fingerprint density at radius 2 is 1.57 bits per heavy atom. The van der Waals surface area contributed by atoms with Crippen LogP contribution in [0.4, 0.5) is 0 Å². The van der Waals surface area contributed by atoms with E-state index < -0.39 is 0 Å². The van der Waals surface area contributed by atoms with Gasteiger partial charge >= 0.3 is 0 Å². The van der Waals surface area contributed by atoms with Gasteiger partial charge in [0.25, 0.3) is 0 Å². The molecule has 0 N–H and O–H groups in total. The van der Waals surface area contributed by atoms with Gasteiger partial charge in [-0.1, -0.05) is 0 Å². The van der Waals surface area contributed by atoms with Crippen molar-refractivity contribution in [3.8, 4) is 0 Å². The van der Waals surface area contributed by atoms with Gasteiger partial charge in [0.15, 0.2) is 0 Å². The van der Waals surface area contributed by atoms with Crippen molar-refractivity contribution in [1.82, 2.24) is 4.90 Å². The first-order chi connectivity index (χ1) is 10.2. The summed E-state index contributed by atoms with van der Waals surface area (Å²) in [4.78, 5) is 2.55. The second-order valence-corrected chi connectivity index (χ2v) is 6.22. The molecule has 0 radical (unpaired) electrons. The lowest BCUT2D eigenvalue weighted by Gasteiger charge is -2.31. The summed E-state index contributed by atoms with van der Waals surface area (Å²) in [5, 5.41) is 0. The molecule has 1 saturated heterocycles. The van der Waals surface area contributed by atoms with Gasteiger partial charge in [0, 0.05) is 40.0 Å². The van der Waals surface area contributed by atoms with Crippen molar-refractivity contribution >= 4 is 0 Å². The molecule has 1 aliphatic rings. The molecule has 0 saturated carbocycles. The molecule has 1 heterocycles. The Morgan fingerprint density at radius 1 is 0.952 bits per heavy atom. The van der Waals surface area contributed by atoms with Gasteiger partial charge in [0.2, 0.25) is 0 Å². The fourth-order valence-electron chi connectivity index (χ4n) is 2.64. The van der Waals surface area contributed by atoms with Crippen molar-refractivity contribution in [3.63, 3.8) is 0 Å². The molecule has 126 valence electrons. The van der Waals surface area contributed by atoms with Crippen LogP contribution in [-0.2, 0) is 14.2 Å². The summed E-state index contributed by atoms with van der Waals surface area (Å²) in [6.45, 7) is 10.4. The maximum atomic E-state index is 5.67. The SMILES string of the molecule is COC1CCN(CCCCOCCCCOC(C)C)CC1. The van der Waals surface area contributed by atoms with Gasteiger partial charge in [0.1, 0.15) is 0 Å². The third-order valence-electron chi connectivity index (χ3n) is 4.02. The van der Waals surface area contributed by atoms with E-state index in [0.717, 1.165) is 32.7 Å². The van der Waals surface area contributed by atoms with Crippen molar-refractivity contribution < 1.29 is 14.2 Å². The molecule has 0 bridgehead atoms. The Bertz CT molecular complexity index is 228. The van der Waals surface area contributed by atoms with Gasteiger partial charge in [0.05, 0.1) is 12.2 Å². The highest BCUT2D eigenvalue weighted by atomic mass is 16.5. The van der Waals surface area contributed by atoms with Crippen molar-refractivity contribution in [3.05, 3.63) is 0 Å². The predicted molar refractivity (Wildman–Crippen MR) is 86.8 cm³/mol. The smallest absolute Gasteiger partial charge is 0.0595 e. The van der Waals surface area contributed by atoms with E-state index in [0.29, 0.717) is 12.2 Å². The van der Waals surface area contributed by atoms with E-state index in [1.165, 1.54) is 45.3 Å². The summed E-state index contributed by atoms with van der Waals surface area (Å²) in [6, 6.07) is 0. The Balaban J connectivity index is 1.79. The highest BCUT2D eigenvalue weighted by Gasteiger charge is 2.17. The van der Waals surface area contributed by atoms with Crippen LogP contribution in [-0.4, -0.2) is 63.7 Å². The van der Waals surface area contributed by atoms with Gasteiger partial charge in [-0.05, 0) is 58.9 Å². The molecule has 1 fully saturated rings. The van der Waals surface area contributed by atoms with Crippen LogP contribution >= 0.6 is 0 Å². The number of unbranched alkanes of at least 4 members (excludes halogenated alkanes) is 2. The number of methoxy groups -OCH3 is 1. The van der Waals surface area contributed by atoms with E-state index in [9.17, 15) is 0 Å². The fourth-order valence-corrected chi connectivity index (χ4v) is 2.64. The molecule has 21 heavy (non-hydrogen) atoms. The second kappa shape index (κ2) is 12.4. The van der Waals surface area contributed by atoms with E-state index in [2.05, 4.69) is 18.7 Å². The minimum atomic E-state index is 0.347. The molecular formula is C17H35NO3. The molecule has 4 heteroatoms. The topological polar surface area (TPSA) is 30.9 Å². The molecular weight excluding hydrogens is 266 g/mol. The summed E-state index contributed by atoms with van der Waals surface area (Å²) in [7, 11) is 1.83. The summed E-state index contributed by atoms with van der Waals surface area (Å²) < 4.78 is 16.6. The van der Waals surface area contributed by atoms with Gasteiger partial charge in [-0.2, -0.15) is 0 Å². The molecule has 0 aromatic rings. The lowest BCUT2D eigenvalue weighted by molar-refractivity contribution is 0.0395. The van der Waals surface area contributed by atoms with Crippen molar-refractivity contribution in [2.75, 3.05) is 46.6 Å². The third kappa shape index (κ3) is 10.2. The zero-order valence-corrected chi connectivity index (χ0v) is 14.3. The fraction of sp³-hybridized carbons (Fsp3) is 1.00. The number of likely N-dealkylation sites (tertiary alicyclic amines) is 1. The van der Waals surface area contributed by atoms with Crippen LogP contribution in [0.15, 0.2) is 0 Å². The van der Waals surface area contributed by atoms with Crippen LogP contribution in [0.2, 0.25) is 0 Å². The molecule has 1 aliphatic heterocycles. The monoisotopic (exact) mass is 301 g/mol. The van der Waals surface area contributed by atoms with E-state index in [1.807, 2.05) is 7.11 Å². The quantitative estimate of drug-likeness (QED) is 0.518. The summed E-state index contributed by atoms with van der Waals surface area (Å²) in [5.41, 5.74) is 0. The predicted octanol–water partition coefficient (Wildman–Crippen LogP) is 3.10. The standard InChI is InChI=1S/C17H35NO3/c1-16(2)21-15-7-6-14-20-13-5-4-10-18-11-8-17(19-3)9-12-18/h16-17H,4-15H2,1-3H3. The first kappa shape index (κ1) is 18.9. The Hall–Kier alpha value is -0.160. The van der Waals surface area contributed by atoms with Crippen LogP contribution in [0.25, 0.3) is 0 Å². The van der Waals surface area contributed by atoms with E-state index in [-0.39, 0.29) is 0 Å². The third-order valence-corrected chi connectivity index (χ3v) is 4.02. The Labute approximate surface area is 131 Å². The van der Waals surface area contributed by atoms with Gasteiger partial charge in [-0.15, -0.1) is 0 Å². The Kier molecular flexibility index (Phi) is 11.1. The summed E-state index contributed by atoms with van der Waals surface area (Å²) in [6.07, 6.45) is 7.84. The van der Waals surface area contributed by atoms with Crippen LogP contribution in [0, 0.1) is 0 Å². The minimum Gasteiger partial charge on any atom is -0.381 e. The minimum absolute atomic E-state index is 0.347. The number of ether oxygens (including phenoxy) is 3. The normalized spacial score (nSPS) is 17.7. The zero-order chi connectivity index (χ0) is 15.3. The maximum Gasteiger partial charge on any atom is 0.0595 e. The average molecular weight is 301 g/mol. The molecule has 0 aliphatic carbocycles. The number of rotatable bonds is 12. The first-order valence-corrected chi connectivity index (χ1v) is 8.67. The average Bonchev–Trinajstić information content (AvgIpc) is 2.49. The van der Waals surface area contributed by atoms with Crippen LogP contribution < -0.4 is 0 Å². The molecule has 4 nitrogen and oxygen atoms in total. The van der Waals surface area contributed by atoms with Crippen molar-refractivity contribution in [1.29, 1.82) is 0 Å². The maximum absolute atomic E-state index is 5.67. The van der Waals surface area contributed by atoms with Gasteiger partial charge in [-0.3, -0.25) is 0 Å². The highest BCUT2D eigenvalue weighted by Crippen LogP contribution is 2.13. The largest absolute Gasteiger partial charge is 0.381 e. The molecule has 0 amide bonds. The summed E-state index contributed by atoms with van der Waals surface area (Å²) >= 11 is 0. The first-order valence-electron chi connectivity index (χ1n) is 8.67. The second-order valence-electron chi connectivity index (χ2n) is 6.22. The highest BCUT2D eigenvalue weighted by molar-refractivity contribution is 4.71. The molecule has 1 rings (SSSR count). The van der Waals surface area contributed by atoms with E-state index >= 15 is 0 Å². The van der Waals surface area contributed by atoms with Crippen molar-refractivity contribution in [2.45, 2.75) is 64.6 Å². The number of nitrogens with zero attached hydrogens (tertiary/aromatic N) is 1. The molecule has 0 aromatic carbocycles. The van der Waals surface area contributed by atoms with Crippen molar-refractivity contribution in [2.24, 2.45) is 0 Å². The van der Waals surface area contributed by atoms with Gasteiger partial charge in [-0.25, -0.2) is 0 Å². The zero-order valence-electron chi connectivity index (χ0n) is 14.3. The van der Waals surface area contributed by atoms with E-state index in [4.69, 9.17) is 14.2 Å². The molecule has 0 aromatic heterocycles. The summed E-state index contributed by atoms with van der Waals surface area (Å²) in [5.74, 6) is 0. The van der Waals surface area contributed by atoms with Gasteiger partial charge < -0.3 is 19.1 Å². The van der Waals surface area contributed by atoms with Crippen LogP contribution in [0.5, 0.6) is 0 Å². The molecule has 0 atom stereocenters. The molecule has 0 spiro atoms. The van der Waals surface area contributed by atoms with Crippen LogP contribution in [0.1, 0.15) is 52.4 Å². The number of hydrogen-bond donors (Lipinski definition) is 0. The Morgan fingerprint density at radius 3 is 2.19 bits per heavy atom. The number of piperidine rings is 1.